The standard InChI is InChI=1S/C29H23ClN2O3/c1-18-24(17-28(33)31-26-9-5-7-19-6-3-4-8-23(19)26)25-16-22(35-2)14-15-27(25)32(18)29(34)20-10-12-21(30)13-11-20/h3-16H,17H2,1-2H3,(H,31,33). The Hall–Kier alpha value is -4.09. The Kier molecular flexibility index (Phi) is 6.01. The van der Waals surface area contributed by atoms with Crippen LogP contribution in [0.5, 0.6) is 5.75 Å². The van der Waals surface area contributed by atoms with Crippen molar-refractivity contribution in [1.29, 1.82) is 0 Å². The van der Waals surface area contributed by atoms with Gasteiger partial charge in [-0.05, 0) is 66.4 Å². The van der Waals surface area contributed by atoms with Crippen molar-refractivity contribution in [3.63, 3.8) is 0 Å². The molecule has 0 unspecified atom stereocenters. The van der Waals surface area contributed by atoms with E-state index in [1.165, 1.54) is 0 Å². The van der Waals surface area contributed by atoms with Crippen LogP contribution in [-0.4, -0.2) is 23.5 Å². The molecule has 5 rings (SSSR count). The fourth-order valence-corrected chi connectivity index (χ4v) is 4.61. The van der Waals surface area contributed by atoms with Crippen LogP contribution in [0, 0.1) is 6.92 Å². The summed E-state index contributed by atoms with van der Waals surface area (Å²) < 4.78 is 7.08. The van der Waals surface area contributed by atoms with Crippen molar-refractivity contribution in [2.24, 2.45) is 0 Å². The third-order valence-electron chi connectivity index (χ3n) is 6.24. The molecule has 0 bridgehead atoms. The molecule has 174 valence electrons. The smallest absolute Gasteiger partial charge is 0.262 e. The first kappa shape index (κ1) is 22.7. The fraction of sp³-hybridized carbons (Fsp3) is 0.103. The zero-order valence-electron chi connectivity index (χ0n) is 19.3. The maximum Gasteiger partial charge on any atom is 0.262 e. The second kappa shape index (κ2) is 9.28. The normalized spacial score (nSPS) is 11.1. The molecule has 0 saturated carbocycles. The summed E-state index contributed by atoms with van der Waals surface area (Å²) in [7, 11) is 1.59. The minimum atomic E-state index is -0.185. The molecule has 0 aliphatic carbocycles. The molecule has 1 amide bonds. The highest BCUT2D eigenvalue weighted by Gasteiger charge is 2.22. The molecular weight excluding hydrogens is 460 g/mol. The number of ether oxygens (including phenoxy) is 1. The number of fused-ring (bicyclic) bond motifs is 2. The maximum atomic E-state index is 13.5. The Morgan fingerprint density at radius 1 is 0.914 bits per heavy atom. The number of halogens is 1. The van der Waals surface area contributed by atoms with E-state index in [4.69, 9.17) is 16.3 Å². The lowest BCUT2D eigenvalue weighted by Crippen LogP contribution is -2.17. The van der Waals surface area contributed by atoms with Crippen molar-refractivity contribution < 1.29 is 14.3 Å². The molecule has 0 fully saturated rings. The average Bonchev–Trinajstić information content (AvgIpc) is 3.14. The number of hydrogen-bond donors (Lipinski definition) is 1. The average molecular weight is 483 g/mol. The van der Waals surface area contributed by atoms with Gasteiger partial charge in [-0.3, -0.25) is 14.2 Å². The monoisotopic (exact) mass is 482 g/mol. The first-order valence-corrected chi connectivity index (χ1v) is 11.6. The zero-order valence-corrected chi connectivity index (χ0v) is 20.1. The van der Waals surface area contributed by atoms with Crippen LogP contribution in [0.1, 0.15) is 21.6 Å². The van der Waals surface area contributed by atoms with Crippen molar-refractivity contribution >= 4 is 50.8 Å². The summed E-state index contributed by atoms with van der Waals surface area (Å²) in [4.78, 5) is 26.7. The van der Waals surface area contributed by atoms with E-state index in [0.717, 1.165) is 32.9 Å². The van der Waals surface area contributed by atoms with Gasteiger partial charge >= 0.3 is 0 Å². The van der Waals surface area contributed by atoms with Gasteiger partial charge in [0.1, 0.15) is 5.75 Å². The molecule has 0 radical (unpaired) electrons. The molecule has 1 N–H and O–H groups in total. The van der Waals surface area contributed by atoms with Gasteiger partial charge in [-0.15, -0.1) is 0 Å². The fourth-order valence-electron chi connectivity index (χ4n) is 4.49. The van der Waals surface area contributed by atoms with Gasteiger partial charge in [0.15, 0.2) is 0 Å². The summed E-state index contributed by atoms with van der Waals surface area (Å²) in [6.07, 6.45) is 0.111. The van der Waals surface area contributed by atoms with Gasteiger partial charge in [-0.25, -0.2) is 0 Å². The molecule has 5 nitrogen and oxygen atoms in total. The minimum absolute atomic E-state index is 0.111. The summed E-state index contributed by atoms with van der Waals surface area (Å²) >= 11 is 6.01. The first-order valence-electron chi connectivity index (χ1n) is 11.2. The summed E-state index contributed by atoms with van der Waals surface area (Å²) in [5.41, 5.74) is 3.47. The van der Waals surface area contributed by atoms with Gasteiger partial charge in [-0.2, -0.15) is 0 Å². The number of methoxy groups -OCH3 is 1. The van der Waals surface area contributed by atoms with E-state index in [1.54, 1.807) is 35.9 Å². The molecule has 0 aliphatic heterocycles. The SMILES string of the molecule is COc1ccc2c(c1)c(CC(=O)Nc1cccc3ccccc13)c(C)n2C(=O)c1ccc(Cl)cc1. The third-order valence-corrected chi connectivity index (χ3v) is 6.49. The second-order valence-electron chi connectivity index (χ2n) is 8.35. The minimum Gasteiger partial charge on any atom is -0.497 e. The van der Waals surface area contributed by atoms with Crippen LogP contribution in [0.3, 0.4) is 0 Å². The number of carbonyl (C=O) groups is 2. The number of anilines is 1. The molecule has 35 heavy (non-hydrogen) atoms. The lowest BCUT2D eigenvalue weighted by atomic mass is 10.1. The Labute approximate surface area is 207 Å². The Balaban J connectivity index is 1.55. The molecular formula is C29H23ClN2O3. The number of nitrogens with zero attached hydrogens (tertiary/aromatic N) is 1. The van der Waals surface area contributed by atoms with Crippen LogP contribution < -0.4 is 10.1 Å². The number of carbonyl (C=O) groups excluding carboxylic acids is 2. The highest BCUT2D eigenvalue weighted by Crippen LogP contribution is 2.31. The lowest BCUT2D eigenvalue weighted by molar-refractivity contribution is -0.115. The van der Waals surface area contributed by atoms with Crippen molar-refractivity contribution in [2.75, 3.05) is 12.4 Å². The van der Waals surface area contributed by atoms with E-state index in [2.05, 4.69) is 5.32 Å². The molecule has 4 aromatic carbocycles. The number of hydrogen-bond acceptors (Lipinski definition) is 3. The van der Waals surface area contributed by atoms with Crippen LogP contribution in [0.2, 0.25) is 5.02 Å². The predicted octanol–water partition coefficient (Wildman–Crippen LogP) is 6.63. The van der Waals surface area contributed by atoms with Crippen molar-refractivity contribution in [1.82, 2.24) is 4.57 Å². The third kappa shape index (κ3) is 4.27. The molecule has 1 aromatic heterocycles. The largest absolute Gasteiger partial charge is 0.497 e. The van der Waals surface area contributed by atoms with Gasteiger partial charge in [-0.1, -0.05) is 48.0 Å². The number of rotatable bonds is 5. The van der Waals surface area contributed by atoms with Crippen LogP contribution in [-0.2, 0) is 11.2 Å². The van der Waals surface area contributed by atoms with Crippen molar-refractivity contribution in [2.45, 2.75) is 13.3 Å². The van der Waals surface area contributed by atoms with Crippen molar-refractivity contribution in [3.8, 4) is 5.75 Å². The van der Waals surface area contributed by atoms with Crippen LogP contribution in [0.15, 0.2) is 84.9 Å². The second-order valence-corrected chi connectivity index (χ2v) is 8.78. The number of nitrogens with one attached hydrogen (secondary N) is 1. The quantitative estimate of drug-likeness (QED) is 0.305. The van der Waals surface area contributed by atoms with Crippen molar-refractivity contribution in [3.05, 3.63) is 107 Å². The van der Waals surface area contributed by atoms with E-state index >= 15 is 0 Å². The number of aromatic nitrogens is 1. The molecule has 6 heteroatoms. The van der Waals surface area contributed by atoms with E-state index < -0.39 is 0 Å². The van der Waals surface area contributed by atoms with Gasteiger partial charge in [0.2, 0.25) is 5.91 Å². The molecule has 5 aromatic rings. The maximum absolute atomic E-state index is 13.5. The lowest BCUT2D eigenvalue weighted by Gasteiger charge is -2.10. The summed E-state index contributed by atoms with van der Waals surface area (Å²) in [6, 6.07) is 26.1. The molecule has 0 saturated heterocycles. The first-order chi connectivity index (χ1) is 17.0. The summed E-state index contributed by atoms with van der Waals surface area (Å²) in [5, 5.41) is 6.44. The molecule has 0 atom stereocenters. The highest BCUT2D eigenvalue weighted by atomic mass is 35.5. The van der Waals surface area contributed by atoms with Gasteiger partial charge in [0.05, 0.1) is 19.0 Å². The van der Waals surface area contributed by atoms with Crippen LogP contribution in [0.25, 0.3) is 21.7 Å². The van der Waals surface area contributed by atoms with E-state index in [1.807, 2.05) is 67.6 Å². The molecule has 1 heterocycles. The van der Waals surface area contributed by atoms with Gasteiger partial charge in [0, 0.05) is 32.7 Å². The van der Waals surface area contributed by atoms with Gasteiger partial charge < -0.3 is 10.1 Å². The molecule has 0 spiro atoms. The van der Waals surface area contributed by atoms with E-state index in [-0.39, 0.29) is 18.2 Å². The van der Waals surface area contributed by atoms with Gasteiger partial charge in [0.25, 0.3) is 5.91 Å². The van der Waals surface area contributed by atoms with E-state index in [0.29, 0.717) is 22.0 Å². The predicted molar refractivity (Wildman–Crippen MR) is 141 cm³/mol. The van der Waals surface area contributed by atoms with E-state index in [9.17, 15) is 9.59 Å². The summed E-state index contributed by atoms with van der Waals surface area (Å²) in [6.45, 7) is 1.86. The number of benzene rings is 4. The zero-order chi connectivity index (χ0) is 24.5. The topological polar surface area (TPSA) is 60.3 Å². The van der Waals surface area contributed by atoms with Crippen LogP contribution >= 0.6 is 11.6 Å². The Morgan fingerprint density at radius 2 is 1.66 bits per heavy atom. The summed E-state index contributed by atoms with van der Waals surface area (Å²) in [5.74, 6) is 0.310. The highest BCUT2D eigenvalue weighted by molar-refractivity contribution is 6.30. The van der Waals surface area contributed by atoms with Crippen LogP contribution in [0.4, 0.5) is 5.69 Å². The Morgan fingerprint density at radius 3 is 2.43 bits per heavy atom. The number of amides is 1. The molecule has 0 aliphatic rings. The Bertz CT molecular complexity index is 1580.